The summed E-state index contributed by atoms with van der Waals surface area (Å²) in [5.74, 6) is -0.321. The van der Waals surface area contributed by atoms with Crippen LogP contribution >= 0.6 is 0 Å². The van der Waals surface area contributed by atoms with Gasteiger partial charge in [-0.05, 0) is 6.07 Å². The lowest BCUT2D eigenvalue weighted by atomic mass is 10.2. The normalized spacial score (nSPS) is 10.0. The molecule has 0 saturated carbocycles. The van der Waals surface area contributed by atoms with E-state index in [0.717, 1.165) is 10.9 Å². The van der Waals surface area contributed by atoms with E-state index in [1.807, 2.05) is 30.3 Å². The van der Waals surface area contributed by atoms with Crippen LogP contribution < -0.4 is 5.32 Å². The predicted octanol–water partition coefficient (Wildman–Crippen LogP) is 0.827. The lowest BCUT2D eigenvalue weighted by Crippen LogP contribution is -2.24. The molecule has 2 rings (SSSR count). The van der Waals surface area contributed by atoms with Gasteiger partial charge in [-0.15, -0.1) is 0 Å². The molecule has 1 N–H and O–H groups in total. The molecule has 5 heteroatoms. The maximum atomic E-state index is 11.7. The van der Waals surface area contributed by atoms with E-state index in [0.29, 0.717) is 5.69 Å². The lowest BCUT2D eigenvalue weighted by molar-refractivity contribution is 0.0954. The average Bonchev–Trinajstić information content (AvgIpc) is 2.65. The first kappa shape index (κ1) is 10.2. The van der Waals surface area contributed by atoms with Crippen molar-refractivity contribution in [2.75, 3.05) is 6.54 Å². The molecule has 0 spiro atoms. The molecule has 1 heterocycles. The van der Waals surface area contributed by atoms with Crippen LogP contribution in [0.5, 0.6) is 0 Å². The molecular formula is C11H10N4O. The van der Waals surface area contributed by atoms with Crippen LogP contribution in [0.4, 0.5) is 0 Å². The highest BCUT2D eigenvalue weighted by Crippen LogP contribution is 2.16. The molecule has 1 aromatic heterocycles. The Morgan fingerprint density at radius 2 is 2.31 bits per heavy atom. The molecule has 0 aliphatic rings. The Morgan fingerprint density at radius 1 is 1.56 bits per heavy atom. The molecule has 0 aliphatic carbocycles. The maximum Gasteiger partial charge on any atom is 0.273 e. The van der Waals surface area contributed by atoms with E-state index in [2.05, 4.69) is 10.4 Å². The second-order valence-corrected chi connectivity index (χ2v) is 3.33. The van der Waals surface area contributed by atoms with Crippen LogP contribution in [0.2, 0.25) is 0 Å². The van der Waals surface area contributed by atoms with E-state index in [-0.39, 0.29) is 12.5 Å². The van der Waals surface area contributed by atoms with Crippen molar-refractivity contribution in [3.8, 4) is 6.07 Å². The van der Waals surface area contributed by atoms with Crippen molar-refractivity contribution in [3.05, 3.63) is 30.0 Å². The number of amides is 1. The van der Waals surface area contributed by atoms with Gasteiger partial charge in [0.05, 0.1) is 11.6 Å². The maximum absolute atomic E-state index is 11.7. The Kier molecular flexibility index (Phi) is 2.56. The Balaban J connectivity index is 2.46. The highest BCUT2D eigenvalue weighted by Gasteiger charge is 2.14. The molecule has 0 aliphatic heterocycles. The standard InChI is InChI=1S/C11H10N4O/c1-15-9-5-3-2-4-8(9)10(14-15)11(16)13-7-6-12/h2-5H,7H2,1H3,(H,13,16). The molecule has 5 nitrogen and oxygen atoms in total. The minimum atomic E-state index is -0.321. The van der Waals surface area contributed by atoms with Crippen LogP contribution in [0, 0.1) is 11.3 Å². The van der Waals surface area contributed by atoms with E-state index in [1.165, 1.54) is 0 Å². The number of nitrogens with zero attached hydrogens (tertiary/aromatic N) is 3. The van der Waals surface area contributed by atoms with Gasteiger partial charge in [-0.1, -0.05) is 18.2 Å². The summed E-state index contributed by atoms with van der Waals surface area (Å²) < 4.78 is 1.65. The number of hydrogen-bond acceptors (Lipinski definition) is 3. The first-order chi connectivity index (χ1) is 7.74. The van der Waals surface area contributed by atoms with Gasteiger partial charge >= 0.3 is 0 Å². The summed E-state index contributed by atoms with van der Waals surface area (Å²) in [7, 11) is 1.78. The summed E-state index contributed by atoms with van der Waals surface area (Å²) in [4.78, 5) is 11.7. The minimum absolute atomic E-state index is 0.0102. The molecule has 0 radical (unpaired) electrons. The Hall–Kier alpha value is -2.35. The zero-order chi connectivity index (χ0) is 11.5. The van der Waals surface area contributed by atoms with Crippen molar-refractivity contribution >= 4 is 16.8 Å². The highest BCUT2D eigenvalue weighted by atomic mass is 16.1. The third-order valence-corrected chi connectivity index (χ3v) is 2.30. The highest BCUT2D eigenvalue weighted by molar-refractivity contribution is 6.04. The van der Waals surface area contributed by atoms with Gasteiger partial charge in [0.1, 0.15) is 6.54 Å². The van der Waals surface area contributed by atoms with Crippen LogP contribution in [0.25, 0.3) is 10.9 Å². The van der Waals surface area contributed by atoms with Crippen molar-refractivity contribution in [3.63, 3.8) is 0 Å². The zero-order valence-electron chi connectivity index (χ0n) is 8.77. The summed E-state index contributed by atoms with van der Waals surface area (Å²) in [5, 5.41) is 15.8. The van der Waals surface area contributed by atoms with Crippen molar-refractivity contribution in [1.82, 2.24) is 15.1 Å². The van der Waals surface area contributed by atoms with Gasteiger partial charge in [-0.3, -0.25) is 9.48 Å². The third-order valence-electron chi connectivity index (χ3n) is 2.30. The Morgan fingerprint density at radius 3 is 3.06 bits per heavy atom. The van der Waals surface area contributed by atoms with Gasteiger partial charge in [-0.25, -0.2) is 0 Å². The van der Waals surface area contributed by atoms with Gasteiger partial charge in [0.15, 0.2) is 5.69 Å². The Labute approximate surface area is 92.3 Å². The third kappa shape index (κ3) is 1.61. The number of aryl methyl sites for hydroxylation is 1. The van der Waals surface area contributed by atoms with Gasteiger partial charge in [0, 0.05) is 12.4 Å². The first-order valence-corrected chi connectivity index (χ1v) is 4.81. The molecule has 16 heavy (non-hydrogen) atoms. The molecule has 0 bridgehead atoms. The number of carbonyl (C=O) groups excluding carboxylic acids is 1. The van der Waals surface area contributed by atoms with Gasteiger partial charge in [0.2, 0.25) is 0 Å². The van der Waals surface area contributed by atoms with E-state index >= 15 is 0 Å². The van der Waals surface area contributed by atoms with Gasteiger partial charge in [-0.2, -0.15) is 10.4 Å². The largest absolute Gasteiger partial charge is 0.338 e. The number of carbonyl (C=O) groups is 1. The fraction of sp³-hybridized carbons (Fsp3) is 0.182. The fourth-order valence-corrected chi connectivity index (χ4v) is 1.59. The molecule has 1 amide bonds. The van der Waals surface area contributed by atoms with E-state index in [9.17, 15) is 4.79 Å². The molecule has 2 aromatic rings. The van der Waals surface area contributed by atoms with Crippen LogP contribution in [-0.4, -0.2) is 22.2 Å². The summed E-state index contributed by atoms with van der Waals surface area (Å²) in [6.45, 7) is -0.0102. The van der Waals surface area contributed by atoms with Crippen LogP contribution in [0.15, 0.2) is 24.3 Å². The molecule has 0 unspecified atom stereocenters. The number of fused-ring (bicyclic) bond motifs is 1. The number of hydrogen-bond donors (Lipinski definition) is 1. The number of aromatic nitrogens is 2. The van der Waals surface area contributed by atoms with Crippen LogP contribution in [-0.2, 0) is 7.05 Å². The first-order valence-electron chi connectivity index (χ1n) is 4.81. The predicted molar refractivity (Wildman–Crippen MR) is 58.7 cm³/mol. The van der Waals surface area contributed by atoms with Crippen LogP contribution in [0.1, 0.15) is 10.5 Å². The summed E-state index contributed by atoms with van der Waals surface area (Å²) in [6.07, 6.45) is 0. The monoisotopic (exact) mass is 214 g/mol. The topological polar surface area (TPSA) is 70.7 Å². The SMILES string of the molecule is Cn1nc(C(=O)NCC#N)c2ccccc21. The van der Waals surface area contributed by atoms with Crippen molar-refractivity contribution in [2.24, 2.45) is 7.05 Å². The van der Waals surface area contributed by atoms with Crippen LogP contribution in [0.3, 0.4) is 0 Å². The van der Waals surface area contributed by atoms with Crippen molar-refractivity contribution < 1.29 is 4.79 Å². The Bertz CT molecular complexity index is 579. The van der Waals surface area contributed by atoms with Gasteiger partial charge < -0.3 is 5.32 Å². The summed E-state index contributed by atoms with van der Waals surface area (Å²) >= 11 is 0. The smallest absolute Gasteiger partial charge is 0.273 e. The lowest BCUT2D eigenvalue weighted by Gasteiger charge is -1.96. The minimum Gasteiger partial charge on any atom is -0.338 e. The molecule has 0 fully saturated rings. The molecule has 80 valence electrons. The second-order valence-electron chi connectivity index (χ2n) is 3.33. The number of para-hydroxylation sites is 1. The summed E-state index contributed by atoms with van der Waals surface area (Å²) in [6, 6.07) is 9.33. The quantitative estimate of drug-likeness (QED) is 0.752. The number of benzene rings is 1. The number of nitrogens with one attached hydrogen (secondary N) is 1. The summed E-state index contributed by atoms with van der Waals surface area (Å²) in [5.41, 5.74) is 1.25. The molecule has 0 saturated heterocycles. The van der Waals surface area contributed by atoms with E-state index in [4.69, 9.17) is 5.26 Å². The zero-order valence-corrected chi connectivity index (χ0v) is 8.77. The molecule has 0 atom stereocenters. The van der Waals surface area contributed by atoms with Crippen molar-refractivity contribution in [2.45, 2.75) is 0 Å². The van der Waals surface area contributed by atoms with Gasteiger partial charge in [0.25, 0.3) is 5.91 Å². The second kappa shape index (κ2) is 4.03. The number of nitriles is 1. The molecular weight excluding hydrogens is 204 g/mol. The van der Waals surface area contributed by atoms with E-state index < -0.39 is 0 Å². The average molecular weight is 214 g/mol. The number of rotatable bonds is 2. The molecule has 1 aromatic carbocycles. The van der Waals surface area contributed by atoms with Crippen molar-refractivity contribution in [1.29, 1.82) is 5.26 Å². The van der Waals surface area contributed by atoms with E-state index in [1.54, 1.807) is 11.7 Å². The fourth-order valence-electron chi connectivity index (χ4n) is 1.59.